The quantitative estimate of drug-likeness (QED) is 0.813. The maximum absolute atomic E-state index is 12.1. The number of carboxylic acid groups (broad SMARTS) is 1. The Hall–Kier alpha value is -3.16. The van der Waals surface area contributed by atoms with Gasteiger partial charge in [-0.25, -0.2) is 9.48 Å². The third-order valence-electron chi connectivity index (χ3n) is 3.35. The summed E-state index contributed by atoms with van der Waals surface area (Å²) in [7, 11) is 1.39. The molecule has 1 amide bonds. The van der Waals surface area contributed by atoms with Gasteiger partial charge in [0.1, 0.15) is 17.0 Å². The average Bonchev–Trinajstić information content (AvgIpc) is 2.59. The number of hydrogen-bond donors (Lipinski definition) is 2. The van der Waals surface area contributed by atoms with Crippen LogP contribution in [0, 0.1) is 0 Å². The molecule has 0 spiro atoms. The molecule has 126 valence electrons. The van der Waals surface area contributed by atoms with Crippen LogP contribution in [0.5, 0.6) is 5.75 Å². The molecule has 0 aliphatic carbocycles. The molecule has 0 bridgehead atoms. The van der Waals surface area contributed by atoms with Gasteiger partial charge in [0.15, 0.2) is 0 Å². The molecule has 8 nitrogen and oxygen atoms in total. The number of nitrogens with one attached hydrogen (secondary N) is 1. The minimum absolute atomic E-state index is 0.0157. The Morgan fingerprint density at radius 3 is 2.67 bits per heavy atom. The number of nitrogens with zero attached hydrogens (tertiary/aromatic N) is 2. The molecule has 0 radical (unpaired) electrons. The first-order valence-electron chi connectivity index (χ1n) is 7.22. The number of aryl methyl sites for hydroxylation is 1. The molecule has 0 saturated heterocycles. The van der Waals surface area contributed by atoms with Gasteiger partial charge in [-0.3, -0.25) is 9.59 Å². The van der Waals surface area contributed by atoms with Crippen LogP contribution in [0.4, 0.5) is 0 Å². The lowest BCUT2D eigenvalue weighted by atomic mass is 10.1. The van der Waals surface area contributed by atoms with Crippen molar-refractivity contribution >= 4 is 11.9 Å². The van der Waals surface area contributed by atoms with Crippen molar-refractivity contribution in [1.29, 1.82) is 0 Å². The molecule has 0 fully saturated rings. The number of aromatic nitrogens is 2. The fourth-order valence-electron chi connectivity index (χ4n) is 2.10. The number of rotatable bonds is 6. The van der Waals surface area contributed by atoms with Crippen LogP contribution in [0.2, 0.25) is 0 Å². The Bertz CT molecular complexity index is 829. The second-order valence-corrected chi connectivity index (χ2v) is 4.90. The Morgan fingerprint density at radius 2 is 2.04 bits per heavy atom. The van der Waals surface area contributed by atoms with Gasteiger partial charge in [-0.1, -0.05) is 6.07 Å². The molecule has 0 atom stereocenters. The van der Waals surface area contributed by atoms with Crippen LogP contribution in [-0.2, 0) is 13.1 Å². The second kappa shape index (κ2) is 7.40. The number of carbonyl (C=O) groups is 2. The van der Waals surface area contributed by atoms with Crippen LogP contribution < -0.4 is 15.6 Å². The molecule has 0 saturated carbocycles. The van der Waals surface area contributed by atoms with Crippen molar-refractivity contribution in [3.8, 4) is 5.75 Å². The molecule has 0 aliphatic rings. The van der Waals surface area contributed by atoms with E-state index < -0.39 is 11.9 Å². The van der Waals surface area contributed by atoms with Crippen LogP contribution >= 0.6 is 0 Å². The number of ether oxygens (including phenoxy) is 1. The standard InChI is InChI=1S/C16H17N3O5/c1-3-19-14(20)7-5-12(18-19)15(21)17-9-10-4-6-13(24-2)11(8-10)16(22)23/h4-8H,3,9H2,1-2H3,(H,17,21)(H,22,23). The van der Waals surface area contributed by atoms with E-state index in [9.17, 15) is 14.4 Å². The topological polar surface area (TPSA) is 111 Å². The summed E-state index contributed by atoms with van der Waals surface area (Å²) in [5.74, 6) is -1.32. The monoisotopic (exact) mass is 331 g/mol. The van der Waals surface area contributed by atoms with Crippen molar-refractivity contribution in [2.75, 3.05) is 7.11 Å². The number of hydrogen-bond acceptors (Lipinski definition) is 5. The lowest BCUT2D eigenvalue weighted by Crippen LogP contribution is -2.29. The normalized spacial score (nSPS) is 10.2. The number of carbonyl (C=O) groups excluding carboxylic acids is 1. The Morgan fingerprint density at radius 1 is 1.29 bits per heavy atom. The third kappa shape index (κ3) is 3.78. The molecule has 24 heavy (non-hydrogen) atoms. The van der Waals surface area contributed by atoms with Gasteiger partial charge in [-0.05, 0) is 30.7 Å². The predicted octanol–water partition coefficient (Wildman–Crippen LogP) is 0.900. The smallest absolute Gasteiger partial charge is 0.339 e. The number of carboxylic acids is 1. The molecule has 8 heteroatoms. The highest BCUT2D eigenvalue weighted by Crippen LogP contribution is 2.19. The number of benzene rings is 1. The number of aromatic carboxylic acids is 1. The van der Waals surface area contributed by atoms with Gasteiger partial charge < -0.3 is 15.2 Å². The minimum atomic E-state index is -1.11. The first-order chi connectivity index (χ1) is 11.5. The van der Waals surface area contributed by atoms with Crippen LogP contribution in [0.25, 0.3) is 0 Å². The van der Waals surface area contributed by atoms with Crippen molar-refractivity contribution in [1.82, 2.24) is 15.1 Å². The summed E-state index contributed by atoms with van der Waals surface area (Å²) in [5.41, 5.74) is 0.450. The van der Waals surface area contributed by atoms with Crippen LogP contribution in [0.3, 0.4) is 0 Å². The zero-order valence-electron chi connectivity index (χ0n) is 13.3. The molecule has 0 aliphatic heterocycles. The van der Waals surface area contributed by atoms with E-state index in [-0.39, 0.29) is 29.1 Å². The summed E-state index contributed by atoms with van der Waals surface area (Å²) in [4.78, 5) is 34.8. The summed E-state index contributed by atoms with van der Waals surface area (Å²) in [6, 6.07) is 7.25. The Kier molecular flexibility index (Phi) is 5.31. The minimum Gasteiger partial charge on any atom is -0.496 e. The lowest BCUT2D eigenvalue weighted by molar-refractivity contribution is 0.0693. The van der Waals surface area contributed by atoms with E-state index in [1.54, 1.807) is 13.0 Å². The highest BCUT2D eigenvalue weighted by Gasteiger charge is 2.13. The zero-order chi connectivity index (χ0) is 17.7. The van der Waals surface area contributed by atoms with Crippen molar-refractivity contribution in [2.45, 2.75) is 20.0 Å². The molecule has 1 aromatic carbocycles. The van der Waals surface area contributed by atoms with Gasteiger partial charge in [0.05, 0.1) is 7.11 Å². The summed E-state index contributed by atoms with van der Waals surface area (Å²) in [6.07, 6.45) is 0. The van der Waals surface area contributed by atoms with E-state index >= 15 is 0 Å². The fraction of sp³-hybridized carbons (Fsp3) is 0.250. The Labute approximate surface area is 137 Å². The molecule has 0 unspecified atom stereocenters. The van der Waals surface area contributed by atoms with Crippen LogP contribution in [0.1, 0.15) is 33.3 Å². The van der Waals surface area contributed by atoms with E-state index in [0.717, 1.165) is 0 Å². The maximum atomic E-state index is 12.1. The van der Waals surface area contributed by atoms with Crippen molar-refractivity contribution in [3.05, 3.63) is 57.5 Å². The van der Waals surface area contributed by atoms with E-state index in [4.69, 9.17) is 9.84 Å². The SMILES string of the molecule is CCn1nc(C(=O)NCc2ccc(OC)c(C(=O)O)c2)ccc1=O. The highest BCUT2D eigenvalue weighted by atomic mass is 16.5. The van der Waals surface area contributed by atoms with Gasteiger partial charge in [-0.15, -0.1) is 0 Å². The maximum Gasteiger partial charge on any atom is 0.339 e. The number of amides is 1. The molecular formula is C16H17N3O5. The summed E-state index contributed by atoms with van der Waals surface area (Å²) >= 11 is 0. The number of methoxy groups -OCH3 is 1. The first kappa shape index (κ1) is 17.2. The average molecular weight is 331 g/mol. The molecule has 2 aromatic rings. The fourth-order valence-corrected chi connectivity index (χ4v) is 2.10. The van der Waals surface area contributed by atoms with Gasteiger partial charge in [0, 0.05) is 19.2 Å². The zero-order valence-corrected chi connectivity index (χ0v) is 13.3. The summed E-state index contributed by atoms with van der Waals surface area (Å²) < 4.78 is 6.17. The van der Waals surface area contributed by atoms with E-state index in [1.165, 1.54) is 36.1 Å². The third-order valence-corrected chi connectivity index (χ3v) is 3.35. The molecule has 2 rings (SSSR count). The summed E-state index contributed by atoms with van der Waals surface area (Å²) in [6.45, 7) is 2.23. The van der Waals surface area contributed by atoms with E-state index in [2.05, 4.69) is 10.4 Å². The molecule has 2 N–H and O–H groups in total. The van der Waals surface area contributed by atoms with Gasteiger partial charge in [0.2, 0.25) is 0 Å². The molecular weight excluding hydrogens is 314 g/mol. The molecule has 1 aromatic heterocycles. The molecule has 1 heterocycles. The lowest BCUT2D eigenvalue weighted by Gasteiger charge is -2.09. The Balaban J connectivity index is 2.13. The van der Waals surface area contributed by atoms with Gasteiger partial charge >= 0.3 is 5.97 Å². The van der Waals surface area contributed by atoms with Gasteiger partial charge in [-0.2, -0.15) is 5.10 Å². The predicted molar refractivity (Wildman–Crippen MR) is 85.3 cm³/mol. The van der Waals surface area contributed by atoms with Crippen LogP contribution in [0.15, 0.2) is 35.1 Å². The van der Waals surface area contributed by atoms with Crippen molar-refractivity contribution in [2.24, 2.45) is 0 Å². The second-order valence-electron chi connectivity index (χ2n) is 4.90. The van der Waals surface area contributed by atoms with Crippen LogP contribution in [-0.4, -0.2) is 33.9 Å². The highest BCUT2D eigenvalue weighted by molar-refractivity contribution is 5.92. The van der Waals surface area contributed by atoms with E-state index in [1.807, 2.05) is 0 Å². The van der Waals surface area contributed by atoms with Gasteiger partial charge in [0.25, 0.3) is 11.5 Å². The van der Waals surface area contributed by atoms with Crippen molar-refractivity contribution in [3.63, 3.8) is 0 Å². The van der Waals surface area contributed by atoms with Crippen molar-refractivity contribution < 1.29 is 19.4 Å². The summed E-state index contributed by atoms with van der Waals surface area (Å²) in [5, 5.41) is 15.7. The van der Waals surface area contributed by atoms with E-state index in [0.29, 0.717) is 12.1 Å². The first-order valence-corrected chi connectivity index (χ1v) is 7.22. The largest absolute Gasteiger partial charge is 0.496 e.